The van der Waals surface area contributed by atoms with E-state index in [0.717, 1.165) is 0 Å². The van der Waals surface area contributed by atoms with Gasteiger partial charge in [0.25, 0.3) is 5.79 Å². The Hall–Kier alpha value is -1.38. The zero-order chi connectivity index (χ0) is 13.1. The Labute approximate surface area is 95.9 Å². The first-order valence-corrected chi connectivity index (χ1v) is 4.91. The maximum absolute atomic E-state index is 10.8. The number of nitrogens with zero attached hydrogens (tertiary/aromatic N) is 3. The Balaban J connectivity index is 2.74. The van der Waals surface area contributed by atoms with Crippen molar-refractivity contribution >= 4 is 5.97 Å². The summed E-state index contributed by atoms with van der Waals surface area (Å²) in [6.07, 6.45) is -4.48. The summed E-state index contributed by atoms with van der Waals surface area (Å²) in [5.41, 5.74) is 8.07. The van der Waals surface area contributed by atoms with E-state index >= 15 is 0 Å². The van der Waals surface area contributed by atoms with Gasteiger partial charge in [0.05, 0.1) is 12.2 Å². The van der Waals surface area contributed by atoms with Crippen molar-refractivity contribution in [3.05, 3.63) is 10.4 Å². The average molecular weight is 247 g/mol. The average Bonchev–Trinajstić information content (AvgIpc) is 2.25. The first-order valence-electron chi connectivity index (χ1n) is 4.91. The second kappa shape index (κ2) is 5.30. The van der Waals surface area contributed by atoms with Gasteiger partial charge in [0.15, 0.2) is 0 Å². The van der Waals surface area contributed by atoms with Gasteiger partial charge in [0, 0.05) is 17.9 Å². The van der Waals surface area contributed by atoms with Crippen LogP contribution in [0.2, 0.25) is 0 Å². The standard InChI is InChI=1S/C8H13N3O6/c9-11-10-2-1-5-6(13)4(12)3-8(16,17-5)7(14)15/h4-6,12-13,16H,1-3H2,(H,14,15). The summed E-state index contributed by atoms with van der Waals surface area (Å²) in [5.74, 6) is -4.17. The molecule has 0 radical (unpaired) electrons. The molecule has 1 aliphatic rings. The highest BCUT2D eigenvalue weighted by molar-refractivity contribution is 5.75. The lowest BCUT2D eigenvalue weighted by molar-refractivity contribution is -0.294. The van der Waals surface area contributed by atoms with Gasteiger partial charge in [-0.25, -0.2) is 4.79 Å². The lowest BCUT2D eigenvalue weighted by Crippen LogP contribution is -2.58. The van der Waals surface area contributed by atoms with Crippen molar-refractivity contribution in [1.82, 2.24) is 0 Å². The van der Waals surface area contributed by atoms with Crippen LogP contribution in [0.4, 0.5) is 0 Å². The van der Waals surface area contributed by atoms with E-state index in [1.807, 2.05) is 0 Å². The maximum atomic E-state index is 10.8. The number of hydrogen-bond donors (Lipinski definition) is 4. The molecule has 4 atom stereocenters. The number of carboxylic acid groups (broad SMARTS) is 1. The predicted octanol–water partition coefficient (Wildman–Crippen LogP) is -1.03. The van der Waals surface area contributed by atoms with Gasteiger partial charge in [-0.2, -0.15) is 0 Å². The lowest BCUT2D eigenvalue weighted by Gasteiger charge is -2.39. The van der Waals surface area contributed by atoms with Gasteiger partial charge < -0.3 is 25.2 Å². The van der Waals surface area contributed by atoms with Crippen molar-refractivity contribution in [2.45, 2.75) is 36.9 Å². The minimum atomic E-state index is -2.53. The maximum Gasteiger partial charge on any atom is 0.364 e. The molecule has 0 aliphatic carbocycles. The highest BCUT2D eigenvalue weighted by Gasteiger charge is 2.49. The van der Waals surface area contributed by atoms with E-state index in [4.69, 9.17) is 15.4 Å². The van der Waals surface area contributed by atoms with Crippen molar-refractivity contribution < 1.29 is 30.0 Å². The van der Waals surface area contributed by atoms with E-state index in [2.05, 4.69) is 10.0 Å². The quantitative estimate of drug-likeness (QED) is 0.282. The van der Waals surface area contributed by atoms with E-state index in [-0.39, 0.29) is 13.0 Å². The van der Waals surface area contributed by atoms with Crippen molar-refractivity contribution in [2.24, 2.45) is 5.11 Å². The molecule has 1 rings (SSSR count). The summed E-state index contributed by atoms with van der Waals surface area (Å²) in [6.45, 7) is -0.0410. The molecule has 0 aromatic rings. The third kappa shape index (κ3) is 3.05. The minimum Gasteiger partial charge on any atom is -0.477 e. The predicted molar refractivity (Wildman–Crippen MR) is 52.7 cm³/mol. The summed E-state index contributed by atoms with van der Waals surface area (Å²) < 4.78 is 4.83. The molecule has 9 nitrogen and oxygen atoms in total. The van der Waals surface area contributed by atoms with E-state index < -0.39 is 36.5 Å². The van der Waals surface area contributed by atoms with Gasteiger partial charge >= 0.3 is 5.97 Å². The molecule has 1 saturated heterocycles. The summed E-state index contributed by atoms with van der Waals surface area (Å²) >= 11 is 0. The van der Waals surface area contributed by atoms with Crippen molar-refractivity contribution in [3.63, 3.8) is 0 Å². The molecule has 4 unspecified atom stereocenters. The van der Waals surface area contributed by atoms with Gasteiger partial charge in [-0.3, -0.25) is 0 Å². The van der Waals surface area contributed by atoms with E-state index in [1.165, 1.54) is 0 Å². The molecule has 0 aromatic heterocycles. The van der Waals surface area contributed by atoms with Crippen LogP contribution in [0, 0.1) is 0 Å². The van der Waals surface area contributed by atoms with Crippen LogP contribution in [-0.2, 0) is 9.53 Å². The highest BCUT2D eigenvalue weighted by atomic mass is 16.7. The number of rotatable bonds is 4. The zero-order valence-corrected chi connectivity index (χ0v) is 8.80. The number of aliphatic carboxylic acids is 1. The van der Waals surface area contributed by atoms with Crippen LogP contribution in [0.3, 0.4) is 0 Å². The third-order valence-electron chi connectivity index (χ3n) is 2.52. The van der Waals surface area contributed by atoms with Gasteiger partial charge in [-0.1, -0.05) is 5.11 Å². The topological polar surface area (TPSA) is 156 Å². The molecule has 0 amide bonds. The minimum absolute atomic E-state index is 0.00211. The van der Waals surface area contributed by atoms with Crippen LogP contribution in [0.15, 0.2) is 5.11 Å². The molecule has 9 heteroatoms. The summed E-state index contributed by atoms with van der Waals surface area (Å²) in [7, 11) is 0. The Morgan fingerprint density at radius 3 is 2.76 bits per heavy atom. The van der Waals surface area contributed by atoms with Crippen LogP contribution in [0.1, 0.15) is 12.8 Å². The molecule has 1 fully saturated rings. The molecule has 0 saturated carbocycles. The molecule has 0 spiro atoms. The molecular weight excluding hydrogens is 234 g/mol. The SMILES string of the molecule is [N-]=[N+]=NCCC1OC(O)(C(=O)O)CC(O)C1O. The van der Waals surface area contributed by atoms with Gasteiger partial charge in [0.2, 0.25) is 0 Å². The molecule has 0 aromatic carbocycles. The summed E-state index contributed by atoms with van der Waals surface area (Å²) in [6, 6.07) is 0. The highest BCUT2D eigenvalue weighted by Crippen LogP contribution is 2.29. The van der Waals surface area contributed by atoms with Crippen LogP contribution in [0.5, 0.6) is 0 Å². The van der Waals surface area contributed by atoms with Crippen molar-refractivity contribution in [3.8, 4) is 0 Å². The van der Waals surface area contributed by atoms with Crippen LogP contribution < -0.4 is 0 Å². The lowest BCUT2D eigenvalue weighted by atomic mass is 9.94. The number of aliphatic hydroxyl groups is 3. The van der Waals surface area contributed by atoms with Crippen LogP contribution >= 0.6 is 0 Å². The molecule has 1 aliphatic heterocycles. The largest absolute Gasteiger partial charge is 0.477 e. The molecule has 0 bridgehead atoms. The molecule has 4 N–H and O–H groups in total. The Morgan fingerprint density at radius 1 is 1.59 bits per heavy atom. The second-order valence-corrected chi connectivity index (χ2v) is 3.75. The van der Waals surface area contributed by atoms with E-state index in [9.17, 15) is 20.1 Å². The van der Waals surface area contributed by atoms with Crippen molar-refractivity contribution in [2.75, 3.05) is 6.54 Å². The Kier molecular flexibility index (Phi) is 4.27. The third-order valence-corrected chi connectivity index (χ3v) is 2.52. The first-order chi connectivity index (χ1) is 7.90. The molecule has 96 valence electrons. The number of carbonyl (C=O) groups is 1. The molecular formula is C8H13N3O6. The number of hydrogen-bond acceptors (Lipinski definition) is 6. The van der Waals surface area contributed by atoms with Crippen LogP contribution in [-0.4, -0.2) is 57.0 Å². The second-order valence-electron chi connectivity index (χ2n) is 3.75. The Bertz CT molecular complexity index is 344. The summed E-state index contributed by atoms with van der Waals surface area (Å²) in [4.78, 5) is 13.2. The smallest absolute Gasteiger partial charge is 0.364 e. The zero-order valence-electron chi connectivity index (χ0n) is 8.80. The molecule has 1 heterocycles. The fraction of sp³-hybridized carbons (Fsp3) is 0.875. The Morgan fingerprint density at radius 2 is 2.24 bits per heavy atom. The summed E-state index contributed by atoms with van der Waals surface area (Å²) in [5, 5.41) is 40.5. The van der Waals surface area contributed by atoms with Gasteiger partial charge in [-0.05, 0) is 12.0 Å². The fourth-order valence-electron chi connectivity index (χ4n) is 1.62. The van der Waals surface area contributed by atoms with Crippen LogP contribution in [0.25, 0.3) is 10.4 Å². The number of carboxylic acids is 1. The van der Waals surface area contributed by atoms with Gasteiger partial charge in [0.1, 0.15) is 6.10 Å². The first kappa shape index (κ1) is 13.7. The number of aliphatic hydroxyl groups excluding tert-OH is 2. The van der Waals surface area contributed by atoms with E-state index in [0.29, 0.717) is 0 Å². The monoisotopic (exact) mass is 247 g/mol. The number of ether oxygens (including phenoxy) is 1. The molecule has 17 heavy (non-hydrogen) atoms. The normalized spacial score (nSPS) is 37.2. The van der Waals surface area contributed by atoms with Gasteiger partial charge in [-0.15, -0.1) is 0 Å². The fourth-order valence-corrected chi connectivity index (χ4v) is 1.62. The number of azide groups is 1. The van der Waals surface area contributed by atoms with Crippen molar-refractivity contribution in [1.29, 1.82) is 0 Å². The van der Waals surface area contributed by atoms with E-state index in [1.54, 1.807) is 0 Å².